The largest absolute Gasteiger partial charge is 0.512 e. The van der Waals surface area contributed by atoms with Crippen LogP contribution in [-0.4, -0.2) is 33.3 Å². The van der Waals surface area contributed by atoms with Gasteiger partial charge in [0.2, 0.25) is 0 Å². The Morgan fingerprint density at radius 2 is 1.57 bits per heavy atom. The number of benzene rings is 3. The van der Waals surface area contributed by atoms with Crippen molar-refractivity contribution in [3.8, 4) is 0 Å². The van der Waals surface area contributed by atoms with Crippen molar-refractivity contribution in [2.24, 2.45) is 11.8 Å². The summed E-state index contributed by atoms with van der Waals surface area (Å²) in [5.41, 5.74) is 2.99. The molecule has 1 radical (unpaired) electrons. The summed E-state index contributed by atoms with van der Waals surface area (Å²) in [5, 5.41) is 13.5. The Bertz CT molecular complexity index is 2070. The number of allylic oxidation sites excluding steroid dienone is 2. The molecule has 6 aromatic rings. The molecule has 0 aliphatic carbocycles. The Morgan fingerprint density at radius 1 is 0.936 bits per heavy atom. The van der Waals surface area contributed by atoms with Crippen LogP contribution in [0.1, 0.15) is 58.9 Å². The third-order valence-electron chi connectivity index (χ3n) is 9.15. The van der Waals surface area contributed by atoms with E-state index in [4.69, 9.17) is 0 Å². The normalized spacial score (nSPS) is 12.9. The van der Waals surface area contributed by atoms with Gasteiger partial charge < -0.3 is 9.51 Å². The number of para-hydroxylation sites is 1. The third kappa shape index (κ3) is 6.83. The van der Waals surface area contributed by atoms with E-state index in [-0.39, 0.29) is 43.5 Å². The van der Waals surface area contributed by atoms with Gasteiger partial charge in [0, 0.05) is 60.0 Å². The Hall–Kier alpha value is -3.33. The van der Waals surface area contributed by atoms with Crippen LogP contribution in [0.4, 0.5) is 13.2 Å². The van der Waals surface area contributed by atoms with Crippen LogP contribution in [-0.2, 0) is 31.1 Å². The molecule has 0 amide bonds. The zero-order valence-corrected chi connectivity index (χ0v) is 31.2. The molecule has 1 N–H and O–H groups in total. The number of carbonyl (C=O) groups is 1. The second-order valence-electron chi connectivity index (χ2n) is 13.0. The van der Waals surface area contributed by atoms with Crippen molar-refractivity contribution >= 4 is 68.2 Å². The third-order valence-corrected chi connectivity index (χ3v) is 11.2. The van der Waals surface area contributed by atoms with Crippen LogP contribution in [0.3, 0.4) is 0 Å². The Labute approximate surface area is 288 Å². The molecule has 5 nitrogen and oxygen atoms in total. The zero-order chi connectivity index (χ0) is 33.6. The number of hydrogen-bond donors (Lipinski definition) is 1. The van der Waals surface area contributed by atoms with Gasteiger partial charge in [-0.2, -0.15) is 13.2 Å². The van der Waals surface area contributed by atoms with Crippen LogP contribution in [0.5, 0.6) is 0 Å². The van der Waals surface area contributed by atoms with Crippen LogP contribution >= 0.6 is 0 Å². The van der Waals surface area contributed by atoms with Crippen LogP contribution in [0.2, 0.25) is 19.6 Å². The van der Waals surface area contributed by atoms with Gasteiger partial charge >= 0.3 is 6.18 Å². The zero-order valence-electron chi connectivity index (χ0n) is 27.8. The van der Waals surface area contributed by atoms with Crippen molar-refractivity contribution in [3.05, 3.63) is 72.3 Å². The number of fused-ring (bicyclic) bond motifs is 5. The first kappa shape index (κ1) is 36.5. The average molecular weight is 837 g/mol. The summed E-state index contributed by atoms with van der Waals surface area (Å²) in [5.74, 6) is 0.547. The van der Waals surface area contributed by atoms with Crippen molar-refractivity contribution in [1.82, 2.24) is 14.4 Å². The predicted octanol–water partition coefficient (Wildman–Crippen LogP) is 10.0. The molecule has 0 aliphatic heterocycles. The van der Waals surface area contributed by atoms with E-state index < -0.39 is 19.8 Å². The minimum atomic E-state index is -4.50. The van der Waals surface area contributed by atoms with Gasteiger partial charge in [-0.25, -0.2) is 4.98 Å². The standard InChI is InChI=1S/C24H17F3N3Si.C13H24O2.Ir/c1-31(2,3)14-10-18-21-20(11-14)30-19-7-5-4-6-15(19)16-8-13(24(25,26)27)9-17(23(16)30)22(21)29-12-28-18;1-5-10(6-2)12(14)9-13(15)11(7-3)8-4;/h4-8,10-12H,1-3H3;9-11,14H,5-8H2,1-4H3;/q-1;;/b;12-9-;. The van der Waals surface area contributed by atoms with E-state index in [0.29, 0.717) is 16.3 Å². The molecular formula is C37H41F3IrN3O2Si-. The van der Waals surface area contributed by atoms with E-state index in [0.717, 1.165) is 58.5 Å². The molecule has 3 aromatic heterocycles. The number of hydrogen-bond acceptors (Lipinski definition) is 4. The molecule has 0 aliphatic rings. The average Bonchev–Trinajstić information content (AvgIpc) is 3.35. The maximum atomic E-state index is 13.8. The van der Waals surface area contributed by atoms with Gasteiger partial charge in [0.15, 0.2) is 5.78 Å². The number of pyridine rings is 1. The molecule has 47 heavy (non-hydrogen) atoms. The van der Waals surface area contributed by atoms with Crippen LogP contribution in [0.15, 0.2) is 60.6 Å². The number of alkyl halides is 3. The van der Waals surface area contributed by atoms with Gasteiger partial charge in [0.1, 0.15) is 6.33 Å². The molecule has 251 valence electrons. The van der Waals surface area contributed by atoms with Gasteiger partial charge in [-0.15, -0.1) is 12.1 Å². The number of nitrogens with zero attached hydrogens (tertiary/aromatic N) is 3. The molecule has 3 heterocycles. The number of aromatic nitrogens is 3. The van der Waals surface area contributed by atoms with Gasteiger partial charge in [0.25, 0.3) is 0 Å². The van der Waals surface area contributed by atoms with E-state index in [1.54, 1.807) is 0 Å². The first-order valence-electron chi connectivity index (χ1n) is 16.1. The molecular weight excluding hydrogens is 796 g/mol. The van der Waals surface area contributed by atoms with Crippen LogP contribution in [0, 0.1) is 17.9 Å². The summed E-state index contributed by atoms with van der Waals surface area (Å²) < 4.78 is 43.4. The van der Waals surface area contributed by atoms with Gasteiger partial charge in [-0.3, -0.25) is 9.78 Å². The number of aliphatic hydroxyl groups is 1. The van der Waals surface area contributed by atoms with E-state index in [1.165, 1.54) is 23.7 Å². The molecule has 0 saturated carbocycles. The van der Waals surface area contributed by atoms with E-state index >= 15 is 0 Å². The number of halogens is 3. The number of ketones is 1. The summed E-state index contributed by atoms with van der Waals surface area (Å²) in [6, 6.07) is 15.7. The fourth-order valence-corrected chi connectivity index (χ4v) is 7.49. The van der Waals surface area contributed by atoms with Crippen molar-refractivity contribution in [3.63, 3.8) is 0 Å². The summed E-state index contributed by atoms with van der Waals surface area (Å²) in [6.07, 6.45) is 1.85. The number of carbonyl (C=O) groups excluding carboxylic acids is 1. The van der Waals surface area contributed by atoms with Crippen molar-refractivity contribution < 1.29 is 43.2 Å². The predicted molar refractivity (Wildman–Crippen MR) is 185 cm³/mol. The fourth-order valence-electron chi connectivity index (χ4n) is 6.35. The quantitative estimate of drug-likeness (QED) is 0.0414. The monoisotopic (exact) mass is 837 g/mol. The molecule has 0 fully saturated rings. The summed E-state index contributed by atoms with van der Waals surface area (Å²) in [4.78, 5) is 20.6. The molecule has 0 bridgehead atoms. The minimum Gasteiger partial charge on any atom is -0.512 e. The van der Waals surface area contributed by atoms with Crippen molar-refractivity contribution in [2.45, 2.75) is 79.2 Å². The Kier molecular flexibility index (Phi) is 10.9. The fraction of sp³-hybridized carbons (Fsp3) is 0.378. The van der Waals surface area contributed by atoms with Gasteiger partial charge in [-0.05, 0) is 60.3 Å². The van der Waals surface area contributed by atoms with Crippen molar-refractivity contribution in [1.29, 1.82) is 0 Å². The van der Waals surface area contributed by atoms with Crippen molar-refractivity contribution in [2.75, 3.05) is 0 Å². The smallest absolute Gasteiger partial charge is 0.399 e. The molecule has 6 rings (SSSR count). The Balaban J connectivity index is 0.000000269. The molecule has 3 aromatic carbocycles. The molecule has 10 heteroatoms. The SMILES string of the molecule is CCC(CC)C(=O)/C=C(\O)C(CC)CC.C[Si](C)(C)c1cc2ncnc3c4[c-]c(C(F)(F)F)cc5c6ccccc6n(c(c1)c23)c45.[Ir]. The van der Waals surface area contributed by atoms with Crippen LogP contribution < -0.4 is 5.19 Å². The van der Waals surface area contributed by atoms with Gasteiger partial charge in [0.05, 0.1) is 19.3 Å². The number of aliphatic hydroxyl groups excluding tert-OH is 1. The van der Waals surface area contributed by atoms with E-state index in [1.807, 2.05) is 52.0 Å². The van der Waals surface area contributed by atoms with E-state index in [9.17, 15) is 23.1 Å². The van der Waals surface area contributed by atoms with Gasteiger partial charge in [-0.1, -0.05) is 81.5 Å². The molecule has 0 atom stereocenters. The second kappa shape index (κ2) is 14.0. The van der Waals surface area contributed by atoms with Crippen LogP contribution in [0.25, 0.3) is 49.1 Å². The molecule has 0 spiro atoms. The summed E-state index contributed by atoms with van der Waals surface area (Å²) in [6.45, 7) is 14.9. The molecule has 0 saturated heterocycles. The van der Waals surface area contributed by atoms with E-state index in [2.05, 4.69) is 52.2 Å². The first-order valence-corrected chi connectivity index (χ1v) is 19.6. The molecule has 0 unspecified atom stereocenters. The maximum Gasteiger partial charge on any atom is 0.399 e. The topological polar surface area (TPSA) is 67.5 Å². The number of rotatable bonds is 8. The first-order chi connectivity index (χ1) is 21.7. The Morgan fingerprint density at radius 3 is 2.17 bits per heavy atom. The summed E-state index contributed by atoms with van der Waals surface area (Å²) in [7, 11) is -1.68. The minimum absolute atomic E-state index is 0. The summed E-state index contributed by atoms with van der Waals surface area (Å²) >= 11 is 0. The maximum absolute atomic E-state index is 13.8. The second-order valence-corrected chi connectivity index (χ2v) is 18.1.